The van der Waals surface area contributed by atoms with Gasteiger partial charge in [-0.1, -0.05) is 56.9 Å². The number of unbranched alkanes of at least 4 members (excludes halogenated alkanes) is 2. The van der Waals surface area contributed by atoms with Crippen molar-refractivity contribution in [1.29, 1.82) is 0 Å². The molecule has 0 spiro atoms. The topological polar surface area (TPSA) is 77.8 Å². The molecule has 4 nitrogen and oxygen atoms in total. The van der Waals surface area contributed by atoms with Crippen molar-refractivity contribution >= 4 is 5.97 Å². The lowest BCUT2D eigenvalue weighted by Gasteiger charge is -2.19. The van der Waals surface area contributed by atoms with Crippen molar-refractivity contribution in [2.24, 2.45) is 23.7 Å². The average Bonchev–Trinajstić information content (AvgIpc) is 3.11. The van der Waals surface area contributed by atoms with E-state index in [9.17, 15) is 15.0 Å². The van der Waals surface area contributed by atoms with Crippen LogP contribution in [0.25, 0.3) is 0 Å². The van der Waals surface area contributed by atoms with E-state index in [0.29, 0.717) is 17.8 Å². The minimum atomic E-state index is -0.719. The summed E-state index contributed by atoms with van der Waals surface area (Å²) >= 11 is 0. The molecule has 0 aromatic carbocycles. The van der Waals surface area contributed by atoms with Gasteiger partial charge >= 0.3 is 5.97 Å². The van der Waals surface area contributed by atoms with Crippen LogP contribution in [0.1, 0.15) is 78.1 Å². The summed E-state index contributed by atoms with van der Waals surface area (Å²) in [6.07, 6.45) is 14.6. The number of carboxylic acids is 1. The molecular weight excluding hydrogens is 340 g/mol. The summed E-state index contributed by atoms with van der Waals surface area (Å²) in [5.41, 5.74) is 1.43. The largest absolute Gasteiger partial charge is 0.481 e. The van der Waals surface area contributed by atoms with E-state index in [1.54, 1.807) is 0 Å². The lowest BCUT2D eigenvalue weighted by atomic mass is 9.88. The van der Waals surface area contributed by atoms with Gasteiger partial charge in [0, 0.05) is 12.3 Å². The zero-order valence-corrected chi connectivity index (χ0v) is 17.0. The van der Waals surface area contributed by atoms with Gasteiger partial charge in [-0.25, -0.2) is 0 Å². The number of carboxylic acid groups (broad SMARTS) is 1. The predicted molar refractivity (Wildman–Crippen MR) is 108 cm³/mol. The fourth-order valence-electron chi connectivity index (χ4n) is 4.84. The monoisotopic (exact) mass is 378 g/mol. The van der Waals surface area contributed by atoms with Crippen LogP contribution >= 0.6 is 0 Å². The number of hydrogen-bond donors (Lipinski definition) is 3. The Hall–Kier alpha value is -1.13. The van der Waals surface area contributed by atoms with Gasteiger partial charge in [-0.3, -0.25) is 4.79 Å². The Morgan fingerprint density at radius 2 is 2.11 bits per heavy atom. The molecule has 0 bridgehead atoms. The second kappa shape index (κ2) is 11.0. The highest BCUT2D eigenvalue weighted by Crippen LogP contribution is 2.48. The van der Waals surface area contributed by atoms with E-state index in [2.05, 4.69) is 26.0 Å². The standard InChI is InChI=1S/C23H38O4/c1-3-4-7-16(2)12-19(24)10-11-20-21-14-17(8-5-6-9-23(26)27)13-18(21)15-22(20)25/h10-11,13,16,18-22,24-25H,3-9,12,14-15H2,1-2H3,(H,26,27)/b11-10+/t16-,18-,19+,20-,21-,22-/m0/s1. The van der Waals surface area contributed by atoms with Crippen LogP contribution in [0, 0.1) is 23.7 Å². The van der Waals surface area contributed by atoms with Crippen LogP contribution in [0.2, 0.25) is 0 Å². The SMILES string of the molecule is CCCC[C@H](C)C[C@H](O)/C=C/[C@H]1[C@H]2CC(CCCCC(=O)O)=C[C@H]2C[C@@H]1O. The Bertz CT molecular complexity index is 524. The van der Waals surface area contributed by atoms with Crippen molar-refractivity contribution < 1.29 is 20.1 Å². The summed E-state index contributed by atoms with van der Waals surface area (Å²) in [6, 6.07) is 0. The summed E-state index contributed by atoms with van der Waals surface area (Å²) in [4.78, 5) is 10.6. The molecule has 4 heteroatoms. The first-order valence-corrected chi connectivity index (χ1v) is 10.9. The van der Waals surface area contributed by atoms with Crippen molar-refractivity contribution in [2.75, 3.05) is 0 Å². The summed E-state index contributed by atoms with van der Waals surface area (Å²) < 4.78 is 0. The maximum Gasteiger partial charge on any atom is 0.303 e. The number of aliphatic hydroxyl groups is 2. The number of fused-ring (bicyclic) bond motifs is 1. The molecule has 154 valence electrons. The molecule has 0 heterocycles. The first-order chi connectivity index (χ1) is 12.9. The number of carbonyl (C=O) groups is 1. The molecule has 0 amide bonds. The van der Waals surface area contributed by atoms with Gasteiger partial charge in [0.15, 0.2) is 0 Å². The molecule has 0 aromatic rings. The Labute approximate surface area is 164 Å². The van der Waals surface area contributed by atoms with Crippen LogP contribution in [-0.2, 0) is 4.79 Å². The van der Waals surface area contributed by atoms with E-state index >= 15 is 0 Å². The van der Waals surface area contributed by atoms with Gasteiger partial charge in [-0.05, 0) is 56.3 Å². The lowest BCUT2D eigenvalue weighted by molar-refractivity contribution is -0.137. The minimum absolute atomic E-state index is 0.128. The van der Waals surface area contributed by atoms with Crippen molar-refractivity contribution in [3.05, 3.63) is 23.8 Å². The predicted octanol–water partition coefficient (Wildman–Crippen LogP) is 4.71. The molecule has 2 aliphatic rings. The number of hydrogen-bond acceptors (Lipinski definition) is 3. The first kappa shape index (κ1) is 22.2. The molecule has 1 fully saturated rings. The molecule has 1 saturated carbocycles. The number of rotatable bonds is 12. The van der Waals surface area contributed by atoms with Crippen LogP contribution < -0.4 is 0 Å². The summed E-state index contributed by atoms with van der Waals surface area (Å²) in [5.74, 6) is 0.808. The lowest BCUT2D eigenvalue weighted by Crippen LogP contribution is -2.18. The molecule has 6 atom stereocenters. The Morgan fingerprint density at radius 1 is 1.33 bits per heavy atom. The van der Waals surface area contributed by atoms with Crippen molar-refractivity contribution in [3.63, 3.8) is 0 Å². The molecule has 0 saturated heterocycles. The van der Waals surface area contributed by atoms with Crippen LogP contribution in [0.3, 0.4) is 0 Å². The fraction of sp³-hybridized carbons (Fsp3) is 0.783. The Kier molecular flexibility index (Phi) is 9.04. The van der Waals surface area contributed by atoms with E-state index in [-0.39, 0.29) is 18.4 Å². The van der Waals surface area contributed by atoms with Crippen LogP contribution in [0.5, 0.6) is 0 Å². The molecule has 2 aliphatic carbocycles. The average molecular weight is 379 g/mol. The molecular formula is C23H38O4. The molecule has 0 unspecified atom stereocenters. The molecule has 3 N–H and O–H groups in total. The maximum absolute atomic E-state index is 10.6. The zero-order chi connectivity index (χ0) is 19.8. The van der Waals surface area contributed by atoms with Crippen molar-refractivity contribution in [1.82, 2.24) is 0 Å². The molecule has 2 rings (SSSR count). The third-order valence-electron chi connectivity index (χ3n) is 6.34. The van der Waals surface area contributed by atoms with Gasteiger partial charge in [-0.2, -0.15) is 0 Å². The summed E-state index contributed by atoms with van der Waals surface area (Å²) in [6.45, 7) is 4.39. The third kappa shape index (κ3) is 7.08. The van der Waals surface area contributed by atoms with Crippen molar-refractivity contribution in [3.8, 4) is 0 Å². The summed E-state index contributed by atoms with van der Waals surface area (Å²) in [5, 5.41) is 29.5. The summed E-state index contributed by atoms with van der Waals surface area (Å²) in [7, 11) is 0. The zero-order valence-electron chi connectivity index (χ0n) is 17.0. The maximum atomic E-state index is 10.6. The highest BCUT2D eigenvalue weighted by molar-refractivity contribution is 5.66. The molecule has 0 radical (unpaired) electrons. The molecule has 0 aliphatic heterocycles. The van der Waals surface area contributed by atoms with E-state index in [1.807, 2.05) is 6.08 Å². The van der Waals surface area contributed by atoms with Gasteiger partial charge in [0.05, 0.1) is 12.2 Å². The van der Waals surface area contributed by atoms with Crippen LogP contribution in [-0.4, -0.2) is 33.5 Å². The second-order valence-corrected chi connectivity index (χ2v) is 8.77. The quantitative estimate of drug-likeness (QED) is 0.339. The normalized spacial score (nSPS) is 29.7. The molecule has 0 aromatic heterocycles. The molecule has 27 heavy (non-hydrogen) atoms. The highest BCUT2D eigenvalue weighted by Gasteiger charge is 2.43. The number of allylic oxidation sites excluding steroid dienone is 2. The van der Waals surface area contributed by atoms with Crippen LogP contribution in [0.15, 0.2) is 23.8 Å². The third-order valence-corrected chi connectivity index (χ3v) is 6.34. The van der Waals surface area contributed by atoms with E-state index in [1.165, 1.54) is 18.4 Å². The van der Waals surface area contributed by atoms with Crippen LogP contribution in [0.4, 0.5) is 0 Å². The Morgan fingerprint density at radius 3 is 2.81 bits per heavy atom. The van der Waals surface area contributed by atoms with Gasteiger partial charge < -0.3 is 15.3 Å². The smallest absolute Gasteiger partial charge is 0.303 e. The fourth-order valence-corrected chi connectivity index (χ4v) is 4.84. The van der Waals surface area contributed by atoms with E-state index in [4.69, 9.17) is 5.11 Å². The van der Waals surface area contributed by atoms with Gasteiger partial charge in [-0.15, -0.1) is 0 Å². The highest BCUT2D eigenvalue weighted by atomic mass is 16.4. The van der Waals surface area contributed by atoms with Gasteiger partial charge in [0.1, 0.15) is 0 Å². The number of aliphatic hydroxyl groups excluding tert-OH is 2. The van der Waals surface area contributed by atoms with Crippen molar-refractivity contribution in [2.45, 2.75) is 90.3 Å². The van der Waals surface area contributed by atoms with E-state index < -0.39 is 12.1 Å². The first-order valence-electron chi connectivity index (χ1n) is 10.9. The van der Waals surface area contributed by atoms with Gasteiger partial charge in [0.2, 0.25) is 0 Å². The van der Waals surface area contributed by atoms with E-state index in [0.717, 1.165) is 44.9 Å². The van der Waals surface area contributed by atoms with Gasteiger partial charge in [0.25, 0.3) is 0 Å². The minimum Gasteiger partial charge on any atom is -0.481 e. The number of aliphatic carboxylic acids is 1. The Balaban J connectivity index is 1.79. The second-order valence-electron chi connectivity index (χ2n) is 8.77.